The van der Waals surface area contributed by atoms with Crippen LogP contribution < -0.4 is 10.2 Å². The summed E-state index contributed by atoms with van der Waals surface area (Å²) in [6.45, 7) is 3.11. The molecule has 6 nitrogen and oxygen atoms in total. The minimum atomic E-state index is -0.278. The number of rotatable bonds is 4. The molecular weight excluding hydrogens is 290 g/mol. The zero-order valence-electron chi connectivity index (χ0n) is 13.2. The van der Waals surface area contributed by atoms with Gasteiger partial charge in [-0.3, -0.25) is 9.69 Å². The standard InChI is InChI=1S/C17H21N5O/c1-18-16(23)15-13-21(12-14-6-3-2-4-7-14)10-11-22(15)17-19-8-5-9-20-17/h2-9,15H,10-13H2,1H3,(H,18,23). The lowest BCUT2D eigenvalue weighted by molar-refractivity contribution is -0.122. The van der Waals surface area contributed by atoms with Crippen molar-refractivity contribution in [2.45, 2.75) is 12.6 Å². The maximum atomic E-state index is 12.3. The molecule has 2 aromatic rings. The molecule has 0 spiro atoms. The molecule has 6 heteroatoms. The third kappa shape index (κ3) is 3.65. The number of amides is 1. The fourth-order valence-corrected chi connectivity index (χ4v) is 2.89. The molecule has 0 aliphatic carbocycles. The third-order valence-corrected chi connectivity index (χ3v) is 4.07. The molecule has 1 atom stereocenters. The molecule has 120 valence electrons. The number of anilines is 1. The van der Waals surface area contributed by atoms with Crippen LogP contribution in [0.5, 0.6) is 0 Å². The summed E-state index contributed by atoms with van der Waals surface area (Å²) >= 11 is 0. The maximum Gasteiger partial charge on any atom is 0.243 e. The molecule has 1 aromatic heterocycles. The number of piperazine rings is 1. The summed E-state index contributed by atoms with van der Waals surface area (Å²) in [5, 5.41) is 2.76. The molecule has 0 saturated carbocycles. The van der Waals surface area contributed by atoms with Crippen LogP contribution in [-0.2, 0) is 11.3 Å². The van der Waals surface area contributed by atoms with Crippen LogP contribution in [0.15, 0.2) is 48.8 Å². The average Bonchev–Trinajstić information content (AvgIpc) is 2.62. The van der Waals surface area contributed by atoms with Gasteiger partial charge in [-0.25, -0.2) is 9.97 Å². The van der Waals surface area contributed by atoms with E-state index in [0.29, 0.717) is 12.5 Å². The van der Waals surface area contributed by atoms with Crippen molar-refractivity contribution in [2.24, 2.45) is 0 Å². The lowest BCUT2D eigenvalue weighted by Crippen LogP contribution is -2.59. The molecule has 1 unspecified atom stereocenters. The van der Waals surface area contributed by atoms with Crippen LogP contribution in [0.1, 0.15) is 5.56 Å². The molecule has 0 radical (unpaired) electrons. The number of carbonyl (C=O) groups excluding carboxylic acids is 1. The van der Waals surface area contributed by atoms with Crippen molar-refractivity contribution >= 4 is 11.9 Å². The second kappa shape index (κ2) is 7.19. The molecule has 1 aliphatic rings. The lowest BCUT2D eigenvalue weighted by Gasteiger charge is -2.40. The van der Waals surface area contributed by atoms with E-state index in [0.717, 1.165) is 19.6 Å². The number of hydrogen-bond donors (Lipinski definition) is 1. The highest BCUT2D eigenvalue weighted by atomic mass is 16.2. The van der Waals surface area contributed by atoms with E-state index in [4.69, 9.17) is 0 Å². The minimum Gasteiger partial charge on any atom is -0.357 e. The van der Waals surface area contributed by atoms with Crippen LogP contribution in [0.25, 0.3) is 0 Å². The first-order valence-electron chi connectivity index (χ1n) is 7.79. The Kier molecular flexibility index (Phi) is 4.83. The van der Waals surface area contributed by atoms with E-state index in [2.05, 4.69) is 32.3 Å². The first-order chi connectivity index (χ1) is 11.3. The Morgan fingerprint density at radius 3 is 2.61 bits per heavy atom. The van der Waals surface area contributed by atoms with Gasteiger partial charge in [-0.1, -0.05) is 30.3 Å². The number of nitrogens with zero attached hydrogens (tertiary/aromatic N) is 4. The highest BCUT2D eigenvalue weighted by Gasteiger charge is 2.33. The summed E-state index contributed by atoms with van der Waals surface area (Å²) < 4.78 is 0. The molecular formula is C17H21N5O. The van der Waals surface area contributed by atoms with E-state index in [1.807, 2.05) is 23.1 Å². The molecule has 1 N–H and O–H groups in total. The zero-order chi connectivity index (χ0) is 16.1. The van der Waals surface area contributed by atoms with E-state index in [1.54, 1.807) is 25.5 Å². The first-order valence-corrected chi connectivity index (χ1v) is 7.79. The molecule has 3 rings (SSSR count). The number of nitrogens with one attached hydrogen (secondary N) is 1. The van der Waals surface area contributed by atoms with E-state index in [9.17, 15) is 4.79 Å². The van der Waals surface area contributed by atoms with Crippen molar-refractivity contribution in [3.63, 3.8) is 0 Å². The fraction of sp³-hybridized carbons (Fsp3) is 0.353. The lowest BCUT2D eigenvalue weighted by atomic mass is 10.1. The predicted octanol–water partition coefficient (Wildman–Crippen LogP) is 0.913. The summed E-state index contributed by atoms with van der Waals surface area (Å²) in [6, 6.07) is 11.8. The van der Waals surface area contributed by atoms with Crippen LogP contribution in [0, 0.1) is 0 Å². The largest absolute Gasteiger partial charge is 0.357 e. The van der Waals surface area contributed by atoms with Gasteiger partial charge in [0.15, 0.2) is 0 Å². The van der Waals surface area contributed by atoms with Crippen LogP contribution >= 0.6 is 0 Å². The Morgan fingerprint density at radius 1 is 1.17 bits per heavy atom. The third-order valence-electron chi connectivity index (χ3n) is 4.07. The average molecular weight is 311 g/mol. The number of likely N-dealkylation sites (N-methyl/N-ethyl adjacent to an activating group) is 1. The summed E-state index contributed by atoms with van der Waals surface area (Å²) in [7, 11) is 1.67. The Balaban J connectivity index is 1.75. The molecule has 1 saturated heterocycles. The molecule has 0 bridgehead atoms. The Bertz CT molecular complexity index is 634. The second-order valence-electron chi connectivity index (χ2n) is 5.59. The quantitative estimate of drug-likeness (QED) is 0.909. The first kappa shape index (κ1) is 15.4. The fourth-order valence-electron chi connectivity index (χ4n) is 2.89. The zero-order valence-corrected chi connectivity index (χ0v) is 13.2. The van der Waals surface area contributed by atoms with Crippen LogP contribution in [0.2, 0.25) is 0 Å². The predicted molar refractivity (Wildman–Crippen MR) is 89.0 cm³/mol. The number of benzene rings is 1. The van der Waals surface area contributed by atoms with Gasteiger partial charge in [-0.05, 0) is 11.6 Å². The summed E-state index contributed by atoms with van der Waals surface area (Å²) in [5.41, 5.74) is 1.26. The molecule has 1 aliphatic heterocycles. The van der Waals surface area contributed by atoms with Gasteiger partial charge in [-0.15, -0.1) is 0 Å². The molecule has 1 amide bonds. The number of carbonyl (C=O) groups is 1. The van der Waals surface area contributed by atoms with Crippen molar-refractivity contribution in [1.29, 1.82) is 0 Å². The summed E-state index contributed by atoms with van der Waals surface area (Å²) in [6.07, 6.45) is 3.42. The molecule has 1 aromatic carbocycles. The normalized spacial score (nSPS) is 18.7. The molecule has 2 heterocycles. The molecule has 1 fully saturated rings. The van der Waals surface area contributed by atoms with Crippen molar-refractivity contribution in [3.8, 4) is 0 Å². The highest BCUT2D eigenvalue weighted by molar-refractivity contribution is 5.85. The van der Waals surface area contributed by atoms with E-state index >= 15 is 0 Å². The summed E-state index contributed by atoms with van der Waals surface area (Å²) in [5.74, 6) is 0.607. The number of hydrogen-bond acceptors (Lipinski definition) is 5. The number of aromatic nitrogens is 2. The Labute approximate surface area is 136 Å². The van der Waals surface area contributed by atoms with Crippen molar-refractivity contribution in [1.82, 2.24) is 20.2 Å². The minimum absolute atomic E-state index is 0.00443. The Hall–Kier alpha value is -2.47. The van der Waals surface area contributed by atoms with Gasteiger partial charge in [-0.2, -0.15) is 0 Å². The van der Waals surface area contributed by atoms with E-state index in [-0.39, 0.29) is 11.9 Å². The van der Waals surface area contributed by atoms with Gasteiger partial charge < -0.3 is 10.2 Å². The van der Waals surface area contributed by atoms with E-state index in [1.165, 1.54) is 5.56 Å². The van der Waals surface area contributed by atoms with Crippen molar-refractivity contribution < 1.29 is 4.79 Å². The van der Waals surface area contributed by atoms with Crippen molar-refractivity contribution in [2.75, 3.05) is 31.6 Å². The summed E-state index contributed by atoms with van der Waals surface area (Å²) in [4.78, 5) is 25.2. The Morgan fingerprint density at radius 2 is 1.91 bits per heavy atom. The highest BCUT2D eigenvalue weighted by Crippen LogP contribution is 2.18. The molecule has 23 heavy (non-hydrogen) atoms. The van der Waals surface area contributed by atoms with Crippen molar-refractivity contribution in [3.05, 3.63) is 54.4 Å². The topological polar surface area (TPSA) is 61.4 Å². The smallest absolute Gasteiger partial charge is 0.243 e. The maximum absolute atomic E-state index is 12.3. The van der Waals surface area contributed by atoms with Gasteiger partial charge >= 0.3 is 0 Å². The van der Waals surface area contributed by atoms with Gasteiger partial charge in [0.1, 0.15) is 6.04 Å². The van der Waals surface area contributed by atoms with Gasteiger partial charge in [0, 0.05) is 45.6 Å². The van der Waals surface area contributed by atoms with Crippen LogP contribution in [0.4, 0.5) is 5.95 Å². The monoisotopic (exact) mass is 311 g/mol. The van der Waals surface area contributed by atoms with Crippen LogP contribution in [-0.4, -0.2) is 53.5 Å². The van der Waals surface area contributed by atoms with E-state index < -0.39 is 0 Å². The van der Waals surface area contributed by atoms with Gasteiger partial charge in [0.2, 0.25) is 11.9 Å². The van der Waals surface area contributed by atoms with Gasteiger partial charge in [0.05, 0.1) is 0 Å². The second-order valence-corrected chi connectivity index (χ2v) is 5.59. The van der Waals surface area contributed by atoms with Gasteiger partial charge in [0.25, 0.3) is 0 Å². The van der Waals surface area contributed by atoms with Crippen LogP contribution in [0.3, 0.4) is 0 Å². The SMILES string of the molecule is CNC(=O)C1CN(Cc2ccccc2)CCN1c1ncccn1.